The minimum Gasteiger partial charge on any atom is -0.355 e. The minimum atomic E-state index is -1.17. The maximum atomic E-state index is 12.1. The van der Waals surface area contributed by atoms with Crippen LogP contribution < -0.4 is 5.32 Å². The maximum absolute atomic E-state index is 12.1. The van der Waals surface area contributed by atoms with Gasteiger partial charge in [-0.2, -0.15) is 0 Å². The molecule has 0 radical (unpaired) electrons. The summed E-state index contributed by atoms with van der Waals surface area (Å²) in [4.78, 5) is 11.6. The van der Waals surface area contributed by atoms with E-state index < -0.39 is 10.8 Å². The fourth-order valence-corrected chi connectivity index (χ4v) is 3.20. The molecule has 0 aromatic heterocycles. The zero-order chi connectivity index (χ0) is 14.4. The molecule has 106 valence electrons. The Bertz CT molecular complexity index is 619. The first kappa shape index (κ1) is 14.7. The van der Waals surface area contributed by atoms with Crippen LogP contribution in [0, 0.1) is 0 Å². The van der Waals surface area contributed by atoms with Gasteiger partial charge in [-0.15, -0.1) is 0 Å². The van der Waals surface area contributed by atoms with E-state index in [2.05, 4.69) is 5.32 Å². The van der Waals surface area contributed by atoms with E-state index in [1.807, 2.05) is 49.4 Å². The summed E-state index contributed by atoms with van der Waals surface area (Å²) >= 11 is 0. The molecular weight excluding hydrogens is 270 g/mol. The molecule has 0 heterocycles. The molecule has 0 bridgehead atoms. The molecule has 2 aromatic carbocycles. The number of carbonyl (C=O) groups is 1. The second kappa shape index (κ2) is 7.20. The first-order chi connectivity index (χ1) is 9.70. The summed E-state index contributed by atoms with van der Waals surface area (Å²) in [6.45, 7) is 2.64. The number of carbonyl (C=O) groups excluding carboxylic acids is 1. The minimum absolute atomic E-state index is 0.0726. The predicted octanol–water partition coefficient (Wildman–Crippen LogP) is 2.61. The van der Waals surface area contributed by atoms with Crippen molar-refractivity contribution in [2.75, 3.05) is 12.3 Å². The van der Waals surface area contributed by atoms with E-state index >= 15 is 0 Å². The van der Waals surface area contributed by atoms with E-state index in [1.54, 1.807) is 0 Å². The van der Waals surface area contributed by atoms with E-state index in [9.17, 15) is 9.00 Å². The van der Waals surface area contributed by atoms with Crippen molar-refractivity contribution in [2.45, 2.75) is 19.1 Å². The Kier molecular flexibility index (Phi) is 5.30. The number of nitrogens with one attached hydrogen (secondary N) is 1. The smallest absolute Gasteiger partial charge is 0.232 e. The second-order valence-electron chi connectivity index (χ2n) is 4.72. The number of hydrogen-bond acceptors (Lipinski definition) is 2. The standard InChI is InChI=1S/C16H19NO2S/c1-2-10-17-16(18)12-20(19)11-14-8-5-7-13-6-3-4-9-15(13)14/h3-9H,2,10-12H2,1H3,(H,17,18)/t20-/m0/s1. The Morgan fingerprint density at radius 3 is 2.70 bits per heavy atom. The molecule has 0 aliphatic rings. The summed E-state index contributed by atoms with van der Waals surface area (Å²) in [5.41, 5.74) is 1.03. The van der Waals surface area contributed by atoms with Crippen LogP contribution in [0.15, 0.2) is 42.5 Å². The lowest BCUT2D eigenvalue weighted by Gasteiger charge is -2.07. The molecule has 0 saturated heterocycles. The van der Waals surface area contributed by atoms with Gasteiger partial charge in [0.1, 0.15) is 5.75 Å². The van der Waals surface area contributed by atoms with Gasteiger partial charge in [-0.25, -0.2) is 0 Å². The molecule has 0 unspecified atom stereocenters. The van der Waals surface area contributed by atoms with Crippen LogP contribution in [0.2, 0.25) is 0 Å². The molecule has 1 N–H and O–H groups in total. The molecular formula is C16H19NO2S. The quantitative estimate of drug-likeness (QED) is 0.888. The van der Waals surface area contributed by atoms with Crippen LogP contribution in [0.3, 0.4) is 0 Å². The molecule has 1 atom stereocenters. The third-order valence-electron chi connectivity index (χ3n) is 3.06. The van der Waals surface area contributed by atoms with Crippen molar-refractivity contribution < 1.29 is 9.00 Å². The van der Waals surface area contributed by atoms with Crippen LogP contribution in [-0.2, 0) is 21.3 Å². The molecule has 20 heavy (non-hydrogen) atoms. The van der Waals surface area contributed by atoms with Crippen molar-refractivity contribution in [3.63, 3.8) is 0 Å². The molecule has 4 heteroatoms. The zero-order valence-corrected chi connectivity index (χ0v) is 12.4. The van der Waals surface area contributed by atoms with E-state index in [0.717, 1.165) is 22.8 Å². The highest BCUT2D eigenvalue weighted by atomic mass is 32.2. The van der Waals surface area contributed by atoms with Crippen molar-refractivity contribution in [1.29, 1.82) is 0 Å². The largest absolute Gasteiger partial charge is 0.355 e. The van der Waals surface area contributed by atoms with Crippen molar-refractivity contribution in [1.82, 2.24) is 5.32 Å². The van der Waals surface area contributed by atoms with E-state index in [-0.39, 0.29) is 11.7 Å². The van der Waals surface area contributed by atoms with Crippen molar-refractivity contribution >= 4 is 27.5 Å². The Morgan fingerprint density at radius 1 is 1.15 bits per heavy atom. The van der Waals surface area contributed by atoms with Crippen LogP contribution in [0.4, 0.5) is 0 Å². The normalized spacial score (nSPS) is 12.2. The van der Waals surface area contributed by atoms with Gasteiger partial charge in [-0.1, -0.05) is 49.4 Å². The summed E-state index contributed by atoms with van der Waals surface area (Å²) in [7, 11) is -1.17. The second-order valence-corrected chi connectivity index (χ2v) is 6.17. The maximum Gasteiger partial charge on any atom is 0.232 e. The van der Waals surface area contributed by atoms with Crippen LogP contribution in [0.5, 0.6) is 0 Å². The highest BCUT2D eigenvalue weighted by molar-refractivity contribution is 7.84. The molecule has 2 aromatic rings. The van der Waals surface area contributed by atoms with Crippen molar-refractivity contribution in [2.24, 2.45) is 0 Å². The van der Waals surface area contributed by atoms with Crippen molar-refractivity contribution in [3.8, 4) is 0 Å². The average molecular weight is 289 g/mol. The third kappa shape index (κ3) is 3.90. The van der Waals surface area contributed by atoms with Crippen molar-refractivity contribution in [3.05, 3.63) is 48.0 Å². The predicted molar refractivity (Wildman–Crippen MR) is 84.0 cm³/mol. The van der Waals surface area contributed by atoms with E-state index in [1.165, 1.54) is 0 Å². The van der Waals surface area contributed by atoms with E-state index in [0.29, 0.717) is 12.3 Å². The van der Waals surface area contributed by atoms with Gasteiger partial charge < -0.3 is 5.32 Å². The summed E-state index contributed by atoms with van der Waals surface area (Å²) in [5, 5.41) is 5.00. The molecule has 0 spiro atoms. The zero-order valence-electron chi connectivity index (χ0n) is 11.6. The summed E-state index contributed by atoms with van der Waals surface area (Å²) in [5.74, 6) is 0.356. The summed E-state index contributed by atoms with van der Waals surface area (Å²) in [6, 6.07) is 14.0. The summed E-state index contributed by atoms with van der Waals surface area (Å²) in [6.07, 6.45) is 0.891. The third-order valence-corrected chi connectivity index (χ3v) is 4.28. The van der Waals surface area contributed by atoms with Gasteiger partial charge in [0.25, 0.3) is 0 Å². The Balaban J connectivity index is 2.05. The Labute approximate surface area is 121 Å². The molecule has 0 aliphatic carbocycles. The number of hydrogen-bond donors (Lipinski definition) is 1. The Hall–Kier alpha value is -1.68. The highest BCUT2D eigenvalue weighted by Gasteiger charge is 2.09. The first-order valence-corrected chi connectivity index (χ1v) is 8.28. The van der Waals surface area contributed by atoms with Crippen LogP contribution in [-0.4, -0.2) is 22.4 Å². The average Bonchev–Trinajstić information content (AvgIpc) is 2.45. The lowest BCUT2D eigenvalue weighted by molar-refractivity contribution is -0.118. The van der Waals surface area contributed by atoms with Gasteiger partial charge in [0.05, 0.1) is 0 Å². The fourth-order valence-electron chi connectivity index (χ4n) is 2.10. The molecule has 2 rings (SSSR count). The van der Waals surface area contributed by atoms with Crippen LogP contribution in [0.25, 0.3) is 10.8 Å². The summed E-state index contributed by atoms with van der Waals surface area (Å²) < 4.78 is 12.1. The highest BCUT2D eigenvalue weighted by Crippen LogP contribution is 2.19. The van der Waals surface area contributed by atoms with Gasteiger partial charge in [0.15, 0.2) is 0 Å². The van der Waals surface area contributed by atoms with E-state index in [4.69, 9.17) is 0 Å². The van der Waals surface area contributed by atoms with Crippen LogP contribution >= 0.6 is 0 Å². The van der Waals surface area contributed by atoms with Gasteiger partial charge >= 0.3 is 0 Å². The van der Waals surface area contributed by atoms with Gasteiger partial charge in [0.2, 0.25) is 5.91 Å². The number of amides is 1. The number of benzene rings is 2. The fraction of sp³-hybridized carbons (Fsp3) is 0.312. The topological polar surface area (TPSA) is 46.2 Å². The molecule has 0 aliphatic heterocycles. The molecule has 3 nitrogen and oxygen atoms in total. The van der Waals surface area contributed by atoms with Gasteiger partial charge in [-0.3, -0.25) is 9.00 Å². The Morgan fingerprint density at radius 2 is 1.90 bits per heavy atom. The lowest BCUT2D eigenvalue weighted by Crippen LogP contribution is -2.29. The first-order valence-electron chi connectivity index (χ1n) is 6.79. The molecule has 0 saturated carbocycles. The van der Waals surface area contributed by atoms with Gasteiger partial charge in [-0.05, 0) is 22.8 Å². The lowest BCUT2D eigenvalue weighted by atomic mass is 10.1. The number of fused-ring (bicyclic) bond motifs is 1. The number of rotatable bonds is 6. The van der Waals surface area contributed by atoms with Crippen LogP contribution in [0.1, 0.15) is 18.9 Å². The SMILES string of the molecule is CCCNC(=O)C[S@@](=O)Cc1cccc2ccccc12. The monoisotopic (exact) mass is 289 g/mol. The molecule has 0 fully saturated rings. The van der Waals surface area contributed by atoms with Gasteiger partial charge in [0, 0.05) is 23.1 Å². The molecule has 1 amide bonds.